The molecule has 0 aliphatic heterocycles. The number of amides is 1. The first-order chi connectivity index (χ1) is 15.6. The molecule has 32 heavy (non-hydrogen) atoms. The van der Waals surface area contributed by atoms with Crippen LogP contribution in [0.1, 0.15) is 15.9 Å². The molecule has 0 aliphatic rings. The second kappa shape index (κ2) is 9.39. The van der Waals surface area contributed by atoms with Gasteiger partial charge in [-0.15, -0.1) is 0 Å². The van der Waals surface area contributed by atoms with E-state index in [-0.39, 0.29) is 5.91 Å². The smallest absolute Gasteiger partial charge is 0.252 e. The summed E-state index contributed by atoms with van der Waals surface area (Å²) in [5.74, 6) is 1.76. The molecule has 1 amide bonds. The number of hydrogen-bond acceptors (Lipinski definition) is 5. The normalized spacial score (nSPS) is 10.6. The molecule has 3 aromatic carbocycles. The Kier molecular flexibility index (Phi) is 6.22. The lowest BCUT2D eigenvalue weighted by Crippen LogP contribution is -2.23. The Balaban J connectivity index is 1.68. The molecule has 0 saturated heterocycles. The van der Waals surface area contributed by atoms with Crippen molar-refractivity contribution in [2.45, 2.75) is 6.54 Å². The van der Waals surface area contributed by atoms with Crippen molar-refractivity contribution >= 4 is 16.8 Å². The zero-order valence-corrected chi connectivity index (χ0v) is 18.2. The van der Waals surface area contributed by atoms with Gasteiger partial charge in [-0.3, -0.25) is 4.79 Å². The highest BCUT2D eigenvalue weighted by atomic mass is 16.5. The maximum absolute atomic E-state index is 13.2. The van der Waals surface area contributed by atoms with Crippen LogP contribution in [-0.2, 0) is 6.54 Å². The third kappa shape index (κ3) is 4.34. The maximum Gasteiger partial charge on any atom is 0.252 e. The molecule has 0 spiro atoms. The number of fused-ring (bicyclic) bond motifs is 1. The molecule has 1 aromatic heterocycles. The molecule has 0 unspecified atom stereocenters. The van der Waals surface area contributed by atoms with Crippen LogP contribution in [0.3, 0.4) is 0 Å². The van der Waals surface area contributed by atoms with E-state index in [0.29, 0.717) is 34.9 Å². The molecular weight excluding hydrogens is 404 g/mol. The Morgan fingerprint density at radius 3 is 2.34 bits per heavy atom. The number of nitrogens with one attached hydrogen (secondary N) is 1. The van der Waals surface area contributed by atoms with Gasteiger partial charge >= 0.3 is 0 Å². The number of methoxy groups -OCH3 is 3. The Hall–Kier alpha value is -4.06. The van der Waals surface area contributed by atoms with Gasteiger partial charge in [-0.1, -0.05) is 36.4 Å². The molecule has 6 heteroatoms. The summed E-state index contributed by atoms with van der Waals surface area (Å²) in [7, 11) is 4.79. The number of aromatic nitrogens is 1. The fourth-order valence-corrected chi connectivity index (χ4v) is 3.55. The standard InChI is InChI=1S/C26H24N2O4/c1-30-19-10-11-20-21(15-22(28-23(20)14-19)18-7-5-4-6-8-18)26(29)27-16-17-9-12-24(31-2)25(13-17)32-3/h4-15H,16H2,1-3H3,(H,27,29). The lowest BCUT2D eigenvalue weighted by molar-refractivity contribution is 0.0952. The van der Waals surface area contributed by atoms with Crippen molar-refractivity contribution in [3.05, 3.63) is 83.9 Å². The van der Waals surface area contributed by atoms with E-state index in [4.69, 9.17) is 19.2 Å². The molecule has 0 bridgehead atoms. The summed E-state index contributed by atoms with van der Waals surface area (Å²) in [4.78, 5) is 18.0. The van der Waals surface area contributed by atoms with Gasteiger partial charge < -0.3 is 19.5 Å². The highest BCUT2D eigenvalue weighted by Crippen LogP contribution is 2.29. The first-order valence-corrected chi connectivity index (χ1v) is 10.2. The summed E-state index contributed by atoms with van der Waals surface area (Å²) in [6.07, 6.45) is 0. The van der Waals surface area contributed by atoms with Crippen molar-refractivity contribution in [2.24, 2.45) is 0 Å². The number of rotatable bonds is 7. The summed E-state index contributed by atoms with van der Waals surface area (Å²) < 4.78 is 16.0. The van der Waals surface area contributed by atoms with Crippen LogP contribution in [-0.4, -0.2) is 32.2 Å². The van der Waals surface area contributed by atoms with Crippen LogP contribution < -0.4 is 19.5 Å². The van der Waals surface area contributed by atoms with Crippen LogP contribution >= 0.6 is 0 Å². The topological polar surface area (TPSA) is 69.7 Å². The predicted molar refractivity (Wildman–Crippen MR) is 124 cm³/mol. The van der Waals surface area contributed by atoms with E-state index in [2.05, 4.69) is 5.32 Å². The molecule has 4 rings (SSSR count). The number of carbonyl (C=O) groups excluding carboxylic acids is 1. The monoisotopic (exact) mass is 428 g/mol. The van der Waals surface area contributed by atoms with Gasteiger partial charge in [0.2, 0.25) is 0 Å². The van der Waals surface area contributed by atoms with E-state index in [1.807, 2.05) is 72.8 Å². The molecule has 0 fully saturated rings. The van der Waals surface area contributed by atoms with Gasteiger partial charge in [0.25, 0.3) is 5.91 Å². The molecule has 4 aromatic rings. The summed E-state index contributed by atoms with van der Waals surface area (Å²) in [5.41, 5.74) is 3.81. The minimum Gasteiger partial charge on any atom is -0.497 e. The lowest BCUT2D eigenvalue weighted by atomic mass is 10.0. The van der Waals surface area contributed by atoms with Crippen molar-refractivity contribution in [2.75, 3.05) is 21.3 Å². The number of benzene rings is 3. The fraction of sp³-hybridized carbons (Fsp3) is 0.154. The molecule has 162 valence electrons. The van der Waals surface area contributed by atoms with Gasteiger partial charge in [0.1, 0.15) is 5.75 Å². The SMILES string of the molecule is COc1ccc2c(C(=O)NCc3ccc(OC)c(OC)c3)cc(-c3ccccc3)nc2c1. The molecular formula is C26H24N2O4. The lowest BCUT2D eigenvalue weighted by Gasteiger charge is -2.13. The van der Waals surface area contributed by atoms with Crippen molar-refractivity contribution in [3.63, 3.8) is 0 Å². The first kappa shape index (κ1) is 21.2. The van der Waals surface area contributed by atoms with Crippen LogP contribution in [0.15, 0.2) is 72.8 Å². The Labute approximate surface area is 186 Å². The van der Waals surface area contributed by atoms with Gasteiger partial charge in [0.15, 0.2) is 11.5 Å². The van der Waals surface area contributed by atoms with Gasteiger partial charge in [-0.2, -0.15) is 0 Å². The summed E-state index contributed by atoms with van der Waals surface area (Å²) in [5, 5.41) is 3.77. The molecule has 0 aliphatic carbocycles. The van der Waals surface area contributed by atoms with E-state index < -0.39 is 0 Å². The highest BCUT2D eigenvalue weighted by Gasteiger charge is 2.15. The summed E-state index contributed by atoms with van der Waals surface area (Å²) >= 11 is 0. The quantitative estimate of drug-likeness (QED) is 0.455. The van der Waals surface area contributed by atoms with Gasteiger partial charge in [0, 0.05) is 23.6 Å². The Bertz CT molecular complexity index is 1260. The predicted octanol–water partition coefficient (Wildman–Crippen LogP) is 4.86. The van der Waals surface area contributed by atoms with Crippen molar-refractivity contribution < 1.29 is 19.0 Å². The van der Waals surface area contributed by atoms with E-state index in [0.717, 1.165) is 22.2 Å². The minimum atomic E-state index is -0.186. The van der Waals surface area contributed by atoms with Crippen molar-refractivity contribution in [1.82, 2.24) is 10.3 Å². The molecule has 6 nitrogen and oxygen atoms in total. The number of hydrogen-bond donors (Lipinski definition) is 1. The summed E-state index contributed by atoms with van der Waals surface area (Å²) in [6, 6.07) is 22.7. The number of nitrogens with zero attached hydrogens (tertiary/aromatic N) is 1. The van der Waals surface area contributed by atoms with Gasteiger partial charge in [-0.25, -0.2) is 4.98 Å². The first-order valence-electron chi connectivity index (χ1n) is 10.2. The van der Waals surface area contributed by atoms with Crippen LogP contribution in [0.4, 0.5) is 0 Å². The number of carbonyl (C=O) groups is 1. The maximum atomic E-state index is 13.2. The van der Waals surface area contributed by atoms with Crippen LogP contribution in [0.2, 0.25) is 0 Å². The second-order valence-electron chi connectivity index (χ2n) is 7.18. The van der Waals surface area contributed by atoms with Crippen molar-refractivity contribution in [1.29, 1.82) is 0 Å². The van der Waals surface area contributed by atoms with Crippen LogP contribution in [0.25, 0.3) is 22.2 Å². The zero-order valence-electron chi connectivity index (χ0n) is 18.2. The van der Waals surface area contributed by atoms with E-state index in [1.165, 1.54) is 0 Å². The van der Waals surface area contributed by atoms with Gasteiger partial charge in [0.05, 0.1) is 38.1 Å². The average Bonchev–Trinajstić information content (AvgIpc) is 2.86. The molecule has 0 radical (unpaired) electrons. The fourth-order valence-electron chi connectivity index (χ4n) is 3.55. The second-order valence-corrected chi connectivity index (χ2v) is 7.18. The molecule has 1 heterocycles. The van der Waals surface area contributed by atoms with Gasteiger partial charge in [-0.05, 0) is 35.9 Å². The summed E-state index contributed by atoms with van der Waals surface area (Å²) in [6.45, 7) is 0.347. The Morgan fingerprint density at radius 1 is 0.844 bits per heavy atom. The highest BCUT2D eigenvalue weighted by molar-refractivity contribution is 6.07. The number of ether oxygens (including phenoxy) is 3. The van der Waals surface area contributed by atoms with E-state index in [1.54, 1.807) is 21.3 Å². The van der Waals surface area contributed by atoms with Crippen LogP contribution in [0, 0.1) is 0 Å². The largest absolute Gasteiger partial charge is 0.497 e. The Morgan fingerprint density at radius 2 is 1.62 bits per heavy atom. The third-order valence-corrected chi connectivity index (χ3v) is 5.23. The molecule has 1 N–H and O–H groups in total. The van der Waals surface area contributed by atoms with Crippen molar-refractivity contribution in [3.8, 4) is 28.5 Å². The third-order valence-electron chi connectivity index (χ3n) is 5.23. The van der Waals surface area contributed by atoms with E-state index in [9.17, 15) is 4.79 Å². The zero-order chi connectivity index (χ0) is 22.5. The van der Waals surface area contributed by atoms with E-state index >= 15 is 0 Å². The number of pyridine rings is 1. The molecule has 0 atom stereocenters. The average molecular weight is 428 g/mol. The molecule has 0 saturated carbocycles. The van der Waals surface area contributed by atoms with Crippen LogP contribution in [0.5, 0.6) is 17.2 Å². The minimum absolute atomic E-state index is 0.186.